The molecule has 5 heteroatoms. The molecule has 0 aromatic heterocycles. The summed E-state index contributed by atoms with van der Waals surface area (Å²) in [4.78, 5) is 22.4. The Morgan fingerprint density at radius 2 is 2.13 bits per heavy atom. The number of ether oxygens (including phenoxy) is 1. The Balaban J connectivity index is 3.20. The van der Waals surface area contributed by atoms with E-state index in [1.54, 1.807) is 18.2 Å². The molecular weight excluding hydrogens is 216 g/mol. The number of methoxy groups -OCH3 is 1. The van der Waals surface area contributed by atoms with Gasteiger partial charge in [-0.15, -0.1) is 12.6 Å². The van der Waals surface area contributed by atoms with Gasteiger partial charge in [-0.2, -0.15) is 0 Å². The van der Waals surface area contributed by atoms with E-state index in [9.17, 15) is 9.59 Å². The average Bonchev–Trinajstić information content (AvgIpc) is 2.16. The summed E-state index contributed by atoms with van der Waals surface area (Å²) in [5, 5.41) is 8.66. The van der Waals surface area contributed by atoms with Gasteiger partial charge in [-0.25, -0.2) is 4.79 Å². The minimum absolute atomic E-state index is 0.214. The molecule has 0 radical (unpaired) electrons. The van der Waals surface area contributed by atoms with Crippen LogP contribution < -0.4 is 0 Å². The van der Waals surface area contributed by atoms with Crippen LogP contribution in [0.4, 0.5) is 0 Å². The lowest BCUT2D eigenvalue weighted by Crippen LogP contribution is -2.10. The number of rotatable bonds is 3. The Morgan fingerprint density at radius 1 is 1.47 bits per heavy atom. The summed E-state index contributed by atoms with van der Waals surface area (Å²) in [6.07, 6.45) is -0.223. The molecular formula is C10H10O4S. The van der Waals surface area contributed by atoms with Gasteiger partial charge >= 0.3 is 11.9 Å². The van der Waals surface area contributed by atoms with Gasteiger partial charge in [0.1, 0.15) is 0 Å². The molecule has 1 aromatic carbocycles. The van der Waals surface area contributed by atoms with Crippen molar-refractivity contribution in [1.29, 1.82) is 0 Å². The number of carbonyl (C=O) groups is 2. The van der Waals surface area contributed by atoms with Gasteiger partial charge in [0.2, 0.25) is 0 Å². The maximum absolute atomic E-state index is 11.4. The topological polar surface area (TPSA) is 63.6 Å². The van der Waals surface area contributed by atoms with Gasteiger partial charge in [0.15, 0.2) is 0 Å². The van der Waals surface area contributed by atoms with Crippen LogP contribution in [0.2, 0.25) is 0 Å². The Labute approximate surface area is 92.3 Å². The van der Waals surface area contributed by atoms with Crippen molar-refractivity contribution in [2.45, 2.75) is 11.3 Å². The number of carbonyl (C=O) groups excluding carboxylic acids is 1. The number of esters is 1. The minimum atomic E-state index is -1.00. The summed E-state index contributed by atoms with van der Waals surface area (Å²) in [6.45, 7) is 0. The lowest BCUT2D eigenvalue weighted by molar-refractivity contribution is -0.136. The lowest BCUT2D eigenvalue weighted by atomic mass is 10.0. The number of carboxylic acids is 1. The van der Waals surface area contributed by atoms with Gasteiger partial charge in [-0.3, -0.25) is 4.79 Å². The second-order valence-electron chi connectivity index (χ2n) is 2.87. The predicted molar refractivity (Wildman–Crippen MR) is 56.4 cm³/mol. The van der Waals surface area contributed by atoms with Gasteiger partial charge in [0.05, 0.1) is 19.1 Å². The standard InChI is InChI=1S/C10H10O4S/c1-14-10(13)9-6(5-8(11)12)3-2-4-7(9)15/h2-4,15H,5H2,1H3,(H,11,12). The van der Waals surface area contributed by atoms with Gasteiger partial charge < -0.3 is 9.84 Å². The predicted octanol–water partition coefficient (Wildman–Crippen LogP) is 1.39. The second-order valence-corrected chi connectivity index (χ2v) is 3.36. The molecule has 0 amide bonds. The number of hydrogen-bond donors (Lipinski definition) is 2. The zero-order valence-electron chi connectivity index (χ0n) is 8.06. The molecule has 0 unspecified atom stereocenters. The van der Waals surface area contributed by atoms with Crippen LogP contribution in [-0.2, 0) is 16.0 Å². The van der Waals surface area contributed by atoms with E-state index in [1.165, 1.54) is 7.11 Å². The molecule has 0 saturated heterocycles. The molecule has 1 rings (SSSR count). The quantitative estimate of drug-likeness (QED) is 0.604. The first-order valence-corrected chi connectivity index (χ1v) is 4.62. The van der Waals surface area contributed by atoms with E-state index in [1.807, 2.05) is 0 Å². The third kappa shape index (κ3) is 2.73. The molecule has 0 aliphatic rings. The van der Waals surface area contributed by atoms with Gasteiger partial charge in [-0.05, 0) is 11.6 Å². The molecule has 0 atom stereocenters. The zero-order valence-corrected chi connectivity index (χ0v) is 8.95. The van der Waals surface area contributed by atoms with Crippen molar-refractivity contribution < 1.29 is 19.4 Å². The van der Waals surface area contributed by atoms with Crippen molar-refractivity contribution in [3.05, 3.63) is 29.3 Å². The average molecular weight is 226 g/mol. The van der Waals surface area contributed by atoms with E-state index in [2.05, 4.69) is 17.4 Å². The molecule has 0 fully saturated rings. The molecule has 0 bridgehead atoms. The van der Waals surface area contributed by atoms with Crippen molar-refractivity contribution in [2.24, 2.45) is 0 Å². The van der Waals surface area contributed by atoms with Crippen LogP contribution in [0.5, 0.6) is 0 Å². The van der Waals surface area contributed by atoms with Crippen LogP contribution in [-0.4, -0.2) is 24.2 Å². The summed E-state index contributed by atoms with van der Waals surface area (Å²) < 4.78 is 4.56. The summed E-state index contributed by atoms with van der Waals surface area (Å²) in [5.41, 5.74) is 0.618. The number of hydrogen-bond acceptors (Lipinski definition) is 4. The third-order valence-electron chi connectivity index (χ3n) is 1.86. The van der Waals surface area contributed by atoms with Gasteiger partial charge in [0.25, 0.3) is 0 Å². The fourth-order valence-electron chi connectivity index (χ4n) is 1.23. The molecule has 15 heavy (non-hydrogen) atoms. The van der Waals surface area contributed by atoms with Gasteiger partial charge in [0, 0.05) is 4.90 Å². The smallest absolute Gasteiger partial charge is 0.339 e. The Hall–Kier alpha value is -1.49. The minimum Gasteiger partial charge on any atom is -0.481 e. The number of aliphatic carboxylic acids is 1. The summed E-state index contributed by atoms with van der Waals surface area (Å²) in [7, 11) is 1.24. The van der Waals surface area contributed by atoms with Crippen molar-refractivity contribution in [1.82, 2.24) is 0 Å². The van der Waals surface area contributed by atoms with Gasteiger partial charge in [-0.1, -0.05) is 12.1 Å². The van der Waals surface area contributed by atoms with Crippen LogP contribution in [0.1, 0.15) is 15.9 Å². The van der Waals surface area contributed by atoms with Crippen LogP contribution in [0.3, 0.4) is 0 Å². The molecule has 1 N–H and O–H groups in total. The van der Waals surface area contributed by atoms with Crippen molar-refractivity contribution in [3.8, 4) is 0 Å². The largest absolute Gasteiger partial charge is 0.481 e. The maximum Gasteiger partial charge on any atom is 0.339 e. The molecule has 0 spiro atoms. The normalized spacial score (nSPS) is 9.73. The molecule has 0 aliphatic carbocycles. The highest BCUT2D eigenvalue weighted by Crippen LogP contribution is 2.19. The van der Waals surface area contributed by atoms with E-state index >= 15 is 0 Å². The fraction of sp³-hybridized carbons (Fsp3) is 0.200. The molecule has 4 nitrogen and oxygen atoms in total. The number of benzene rings is 1. The van der Waals surface area contributed by atoms with E-state index in [-0.39, 0.29) is 12.0 Å². The first kappa shape index (κ1) is 11.6. The highest BCUT2D eigenvalue weighted by Gasteiger charge is 2.16. The molecule has 1 aromatic rings. The molecule has 0 saturated carbocycles. The highest BCUT2D eigenvalue weighted by atomic mass is 32.1. The van der Waals surface area contributed by atoms with Crippen molar-refractivity contribution in [2.75, 3.05) is 7.11 Å². The van der Waals surface area contributed by atoms with Crippen LogP contribution in [0.25, 0.3) is 0 Å². The third-order valence-corrected chi connectivity index (χ3v) is 2.23. The highest BCUT2D eigenvalue weighted by molar-refractivity contribution is 7.80. The van der Waals surface area contributed by atoms with E-state index in [0.717, 1.165) is 0 Å². The first-order valence-electron chi connectivity index (χ1n) is 4.17. The van der Waals surface area contributed by atoms with Crippen LogP contribution in [0.15, 0.2) is 23.1 Å². The van der Waals surface area contributed by atoms with Crippen LogP contribution in [0, 0.1) is 0 Å². The summed E-state index contributed by atoms with van der Waals surface area (Å²) in [6, 6.07) is 4.83. The monoisotopic (exact) mass is 226 g/mol. The fourth-order valence-corrected chi connectivity index (χ4v) is 1.56. The Kier molecular flexibility index (Phi) is 3.74. The summed E-state index contributed by atoms with van der Waals surface area (Å²) in [5.74, 6) is -1.57. The molecule has 0 heterocycles. The second kappa shape index (κ2) is 4.84. The van der Waals surface area contributed by atoms with E-state index in [0.29, 0.717) is 10.5 Å². The van der Waals surface area contributed by atoms with Crippen LogP contribution >= 0.6 is 12.6 Å². The number of carboxylic acid groups (broad SMARTS) is 1. The Morgan fingerprint density at radius 3 is 2.67 bits per heavy atom. The summed E-state index contributed by atoms with van der Waals surface area (Å²) >= 11 is 4.09. The van der Waals surface area contributed by atoms with E-state index in [4.69, 9.17) is 5.11 Å². The number of thiol groups is 1. The van der Waals surface area contributed by atoms with Crippen molar-refractivity contribution in [3.63, 3.8) is 0 Å². The van der Waals surface area contributed by atoms with E-state index < -0.39 is 11.9 Å². The molecule has 80 valence electrons. The maximum atomic E-state index is 11.4. The first-order chi connectivity index (χ1) is 7.06. The zero-order chi connectivity index (χ0) is 11.4. The SMILES string of the molecule is COC(=O)c1c(S)cccc1CC(=O)O. The lowest BCUT2D eigenvalue weighted by Gasteiger charge is -2.07. The molecule has 0 aliphatic heterocycles. The Bertz CT molecular complexity index is 400. The van der Waals surface area contributed by atoms with Crippen molar-refractivity contribution >= 4 is 24.6 Å².